The van der Waals surface area contributed by atoms with Crippen LogP contribution < -0.4 is 4.90 Å². The van der Waals surface area contributed by atoms with E-state index in [2.05, 4.69) is 5.10 Å². The SMILES string of the molecule is CCn1ncc(C(=O)c2ccc(S(C)(=O)=O)c(N(C)CCCOC)c2C)c1O. The van der Waals surface area contributed by atoms with Crippen LogP contribution in [0.4, 0.5) is 5.69 Å². The van der Waals surface area contributed by atoms with E-state index in [0.29, 0.717) is 42.9 Å². The summed E-state index contributed by atoms with van der Waals surface area (Å²) in [7, 11) is -0.105. The maximum atomic E-state index is 13.0. The number of aryl methyl sites for hydroxylation is 1. The Morgan fingerprint density at radius 1 is 1.32 bits per heavy atom. The summed E-state index contributed by atoms with van der Waals surface area (Å²) < 4.78 is 31.0. The molecular formula is C19H27N3O5S. The first-order chi connectivity index (χ1) is 13.1. The number of hydrogen-bond acceptors (Lipinski definition) is 7. The number of nitrogens with zero attached hydrogens (tertiary/aromatic N) is 3. The van der Waals surface area contributed by atoms with Crippen LogP contribution in [-0.4, -0.2) is 62.7 Å². The van der Waals surface area contributed by atoms with Crippen LogP contribution in [0.1, 0.15) is 34.8 Å². The van der Waals surface area contributed by atoms with E-state index in [1.165, 1.54) is 23.0 Å². The third-order valence-electron chi connectivity index (χ3n) is 4.62. The van der Waals surface area contributed by atoms with Crippen LogP contribution in [0.2, 0.25) is 0 Å². The zero-order valence-corrected chi connectivity index (χ0v) is 17.7. The van der Waals surface area contributed by atoms with E-state index >= 15 is 0 Å². The van der Waals surface area contributed by atoms with Crippen molar-refractivity contribution in [3.05, 3.63) is 35.0 Å². The molecule has 0 saturated heterocycles. The van der Waals surface area contributed by atoms with Gasteiger partial charge in [-0.2, -0.15) is 5.10 Å². The molecule has 0 atom stereocenters. The molecule has 28 heavy (non-hydrogen) atoms. The number of hydrogen-bond donors (Lipinski definition) is 1. The Morgan fingerprint density at radius 3 is 2.54 bits per heavy atom. The monoisotopic (exact) mass is 409 g/mol. The van der Waals surface area contributed by atoms with Gasteiger partial charge < -0.3 is 14.7 Å². The highest BCUT2D eigenvalue weighted by molar-refractivity contribution is 7.90. The number of ether oxygens (including phenoxy) is 1. The molecule has 0 bridgehead atoms. The highest BCUT2D eigenvalue weighted by Gasteiger charge is 2.25. The number of ketones is 1. The zero-order chi connectivity index (χ0) is 21.1. The number of carbonyl (C=O) groups excluding carboxylic acids is 1. The van der Waals surface area contributed by atoms with Gasteiger partial charge in [0.1, 0.15) is 5.56 Å². The predicted octanol–water partition coefficient (Wildman–Crippen LogP) is 2.02. The van der Waals surface area contributed by atoms with Gasteiger partial charge in [-0.25, -0.2) is 13.1 Å². The van der Waals surface area contributed by atoms with Crippen molar-refractivity contribution in [1.29, 1.82) is 0 Å². The third-order valence-corrected chi connectivity index (χ3v) is 5.75. The fourth-order valence-corrected chi connectivity index (χ4v) is 4.14. The van der Waals surface area contributed by atoms with Crippen molar-refractivity contribution in [2.45, 2.75) is 31.7 Å². The van der Waals surface area contributed by atoms with Crippen molar-refractivity contribution in [2.75, 3.05) is 38.5 Å². The maximum absolute atomic E-state index is 13.0. The van der Waals surface area contributed by atoms with Crippen molar-refractivity contribution >= 4 is 21.3 Å². The molecule has 0 saturated carbocycles. The van der Waals surface area contributed by atoms with Gasteiger partial charge in [0, 0.05) is 45.7 Å². The van der Waals surface area contributed by atoms with E-state index in [-0.39, 0.29) is 16.3 Å². The van der Waals surface area contributed by atoms with Gasteiger partial charge >= 0.3 is 0 Å². The van der Waals surface area contributed by atoms with Crippen LogP contribution in [-0.2, 0) is 21.1 Å². The molecule has 0 aliphatic carbocycles. The summed E-state index contributed by atoms with van der Waals surface area (Å²) in [6.45, 7) is 5.05. The summed E-state index contributed by atoms with van der Waals surface area (Å²) in [6.07, 6.45) is 3.18. The molecule has 1 heterocycles. The van der Waals surface area contributed by atoms with E-state index in [4.69, 9.17) is 4.74 Å². The molecule has 1 N–H and O–H groups in total. The second kappa shape index (κ2) is 8.74. The molecule has 1 aromatic heterocycles. The lowest BCUT2D eigenvalue weighted by Crippen LogP contribution is -2.24. The summed E-state index contributed by atoms with van der Waals surface area (Å²) in [5, 5.41) is 14.2. The molecule has 0 aliphatic rings. The van der Waals surface area contributed by atoms with Gasteiger partial charge in [0.15, 0.2) is 15.6 Å². The van der Waals surface area contributed by atoms with Gasteiger partial charge in [-0.3, -0.25) is 4.79 Å². The Morgan fingerprint density at radius 2 is 2.00 bits per heavy atom. The minimum Gasteiger partial charge on any atom is -0.493 e. The van der Waals surface area contributed by atoms with E-state index in [1.807, 2.05) is 4.90 Å². The number of rotatable bonds is 9. The average Bonchev–Trinajstić information content (AvgIpc) is 3.00. The Hall–Kier alpha value is -2.39. The topological polar surface area (TPSA) is 102 Å². The Bertz CT molecular complexity index is 966. The lowest BCUT2D eigenvalue weighted by atomic mass is 9.98. The van der Waals surface area contributed by atoms with E-state index in [0.717, 1.165) is 6.26 Å². The van der Waals surface area contributed by atoms with E-state index in [9.17, 15) is 18.3 Å². The van der Waals surface area contributed by atoms with Gasteiger partial charge in [-0.15, -0.1) is 0 Å². The molecular weight excluding hydrogens is 382 g/mol. The second-order valence-corrected chi connectivity index (χ2v) is 8.64. The molecule has 2 rings (SSSR count). The number of sulfone groups is 1. The average molecular weight is 410 g/mol. The Kier molecular flexibility index (Phi) is 6.84. The van der Waals surface area contributed by atoms with Crippen LogP contribution in [0.15, 0.2) is 23.2 Å². The number of benzene rings is 1. The fourth-order valence-electron chi connectivity index (χ4n) is 3.17. The summed E-state index contributed by atoms with van der Waals surface area (Å²) in [5.41, 5.74) is 1.43. The lowest BCUT2D eigenvalue weighted by molar-refractivity contribution is 0.103. The minimum absolute atomic E-state index is 0.0880. The maximum Gasteiger partial charge on any atom is 0.220 e. The normalized spacial score (nSPS) is 11.6. The molecule has 0 amide bonds. The van der Waals surface area contributed by atoms with E-state index < -0.39 is 15.6 Å². The standard InChI is InChI=1S/C19H27N3O5S/c1-6-22-19(24)15(12-20-22)18(23)14-8-9-16(28(5,25)26)17(13(14)2)21(3)10-7-11-27-4/h8-9,12,24H,6-7,10-11H2,1-5H3. The third kappa shape index (κ3) is 4.36. The van der Waals surface area contributed by atoms with Crippen molar-refractivity contribution in [2.24, 2.45) is 0 Å². The van der Waals surface area contributed by atoms with Crippen LogP contribution in [0, 0.1) is 6.92 Å². The number of methoxy groups -OCH3 is 1. The number of anilines is 1. The largest absolute Gasteiger partial charge is 0.493 e. The lowest BCUT2D eigenvalue weighted by Gasteiger charge is -2.25. The molecule has 0 fully saturated rings. The summed E-state index contributed by atoms with van der Waals surface area (Å²) >= 11 is 0. The number of aromatic nitrogens is 2. The van der Waals surface area contributed by atoms with Crippen molar-refractivity contribution in [3.63, 3.8) is 0 Å². The highest BCUT2D eigenvalue weighted by atomic mass is 32.2. The molecule has 154 valence electrons. The summed E-state index contributed by atoms with van der Waals surface area (Å²) in [4.78, 5) is 15.0. The van der Waals surface area contributed by atoms with Crippen LogP contribution in [0.25, 0.3) is 0 Å². The summed E-state index contributed by atoms with van der Waals surface area (Å²) in [6, 6.07) is 2.93. The first kappa shape index (κ1) is 21.9. The second-order valence-electron chi connectivity index (χ2n) is 6.65. The van der Waals surface area contributed by atoms with Gasteiger partial charge in [0.05, 0.1) is 16.8 Å². The van der Waals surface area contributed by atoms with Gasteiger partial charge in [0.2, 0.25) is 5.88 Å². The molecule has 0 spiro atoms. The van der Waals surface area contributed by atoms with Crippen LogP contribution in [0.5, 0.6) is 5.88 Å². The first-order valence-electron chi connectivity index (χ1n) is 8.96. The zero-order valence-electron chi connectivity index (χ0n) is 16.9. The van der Waals surface area contributed by atoms with Crippen molar-refractivity contribution in [1.82, 2.24) is 9.78 Å². The highest BCUT2D eigenvalue weighted by Crippen LogP contribution is 2.33. The molecule has 0 unspecified atom stereocenters. The quantitative estimate of drug-likeness (QED) is 0.499. The molecule has 2 aromatic rings. The summed E-state index contributed by atoms with van der Waals surface area (Å²) in [5.74, 6) is -0.601. The minimum atomic E-state index is -3.50. The van der Waals surface area contributed by atoms with Crippen LogP contribution >= 0.6 is 0 Å². The Labute approximate surface area is 165 Å². The van der Waals surface area contributed by atoms with Gasteiger partial charge in [-0.1, -0.05) is 0 Å². The predicted molar refractivity (Wildman–Crippen MR) is 107 cm³/mol. The molecule has 1 aromatic carbocycles. The molecule has 0 aliphatic heterocycles. The van der Waals surface area contributed by atoms with Crippen molar-refractivity contribution in [3.8, 4) is 5.88 Å². The number of aromatic hydroxyl groups is 1. The van der Waals surface area contributed by atoms with Crippen molar-refractivity contribution < 1.29 is 23.1 Å². The van der Waals surface area contributed by atoms with Crippen LogP contribution in [0.3, 0.4) is 0 Å². The number of carbonyl (C=O) groups is 1. The molecule has 9 heteroatoms. The smallest absolute Gasteiger partial charge is 0.220 e. The van der Waals surface area contributed by atoms with E-state index in [1.54, 1.807) is 28.0 Å². The van der Waals surface area contributed by atoms with Gasteiger partial charge in [0.25, 0.3) is 0 Å². The molecule has 0 radical (unpaired) electrons. The molecule has 8 nitrogen and oxygen atoms in total. The first-order valence-corrected chi connectivity index (χ1v) is 10.9. The Balaban J connectivity index is 2.56. The fraction of sp³-hybridized carbons (Fsp3) is 0.474. The van der Waals surface area contributed by atoms with Gasteiger partial charge in [-0.05, 0) is 38.0 Å².